The summed E-state index contributed by atoms with van der Waals surface area (Å²) in [6.45, 7) is 0. The van der Waals surface area contributed by atoms with Crippen LogP contribution in [0.2, 0.25) is 0 Å². The van der Waals surface area contributed by atoms with Gasteiger partial charge in [-0.2, -0.15) is 0 Å². The van der Waals surface area contributed by atoms with Crippen molar-refractivity contribution in [1.29, 1.82) is 0 Å². The van der Waals surface area contributed by atoms with Gasteiger partial charge in [-0.25, -0.2) is 0 Å². The lowest BCUT2D eigenvalue weighted by atomic mass is 9.72. The van der Waals surface area contributed by atoms with E-state index in [9.17, 15) is 9.59 Å². The monoisotopic (exact) mass is 379 g/mol. The molecule has 1 amide bonds. The molecule has 146 valence electrons. The molecule has 0 spiro atoms. The van der Waals surface area contributed by atoms with Gasteiger partial charge >= 0.3 is 5.97 Å². The fourth-order valence-electron chi connectivity index (χ4n) is 5.01. The van der Waals surface area contributed by atoms with E-state index < -0.39 is 5.97 Å². The van der Waals surface area contributed by atoms with E-state index in [0.29, 0.717) is 12.0 Å². The second-order valence-corrected chi connectivity index (χ2v) is 7.76. The topological polar surface area (TPSA) is 96.5 Å². The Morgan fingerprint density at radius 3 is 2.79 bits per heavy atom. The smallest absolute Gasteiger partial charge is 0.303 e. The molecule has 2 heterocycles. The summed E-state index contributed by atoms with van der Waals surface area (Å²) >= 11 is 0. The molecule has 6 nitrogen and oxygen atoms in total. The summed E-state index contributed by atoms with van der Waals surface area (Å²) in [6, 6.07) is 11.4. The lowest BCUT2D eigenvalue weighted by molar-refractivity contribution is -0.137. The Kier molecular flexibility index (Phi) is 5.13. The molecule has 0 bridgehead atoms. The maximum Gasteiger partial charge on any atom is 0.303 e. The summed E-state index contributed by atoms with van der Waals surface area (Å²) in [4.78, 5) is 30.5. The average Bonchev–Trinajstić information content (AvgIpc) is 3.19. The second-order valence-electron chi connectivity index (χ2n) is 7.76. The molecule has 2 aliphatic rings. The molecule has 4 unspecified atom stereocenters. The van der Waals surface area contributed by atoms with Crippen LogP contribution in [-0.4, -0.2) is 34.1 Å². The van der Waals surface area contributed by atoms with Crippen LogP contribution in [0.4, 0.5) is 5.69 Å². The predicted molar refractivity (Wildman–Crippen MR) is 106 cm³/mol. The SMILES string of the molecule is NC(CCC(=O)O)C1c2ccccc2N(C(=O)c2cccnc2)C2CCCC12. The Balaban J connectivity index is 1.74. The van der Waals surface area contributed by atoms with Crippen molar-refractivity contribution in [2.24, 2.45) is 11.7 Å². The van der Waals surface area contributed by atoms with E-state index in [4.69, 9.17) is 10.8 Å². The van der Waals surface area contributed by atoms with Gasteiger partial charge in [0.25, 0.3) is 5.91 Å². The number of carbonyl (C=O) groups excluding carboxylic acids is 1. The highest BCUT2D eigenvalue weighted by Crippen LogP contribution is 2.50. The molecule has 0 radical (unpaired) electrons. The molecule has 6 heteroatoms. The summed E-state index contributed by atoms with van der Waals surface area (Å²) in [6.07, 6.45) is 6.76. The number of para-hydroxylation sites is 1. The molecule has 3 N–H and O–H groups in total. The van der Waals surface area contributed by atoms with Crippen LogP contribution in [0.5, 0.6) is 0 Å². The van der Waals surface area contributed by atoms with Gasteiger partial charge in [-0.3, -0.25) is 14.6 Å². The summed E-state index contributed by atoms with van der Waals surface area (Å²) < 4.78 is 0. The number of aromatic nitrogens is 1. The molecule has 0 saturated heterocycles. The van der Waals surface area contributed by atoms with Gasteiger partial charge in [0.2, 0.25) is 0 Å². The van der Waals surface area contributed by atoms with Gasteiger partial charge in [-0.1, -0.05) is 24.6 Å². The average molecular weight is 379 g/mol. The minimum Gasteiger partial charge on any atom is -0.481 e. The third kappa shape index (κ3) is 3.29. The van der Waals surface area contributed by atoms with Crippen molar-refractivity contribution < 1.29 is 14.7 Å². The van der Waals surface area contributed by atoms with Crippen LogP contribution in [0.25, 0.3) is 0 Å². The first kappa shape index (κ1) is 18.6. The van der Waals surface area contributed by atoms with Gasteiger partial charge in [0.15, 0.2) is 0 Å². The number of nitrogens with two attached hydrogens (primary N) is 1. The number of hydrogen-bond acceptors (Lipinski definition) is 4. The first-order valence-corrected chi connectivity index (χ1v) is 9.88. The third-order valence-electron chi connectivity index (χ3n) is 6.16. The van der Waals surface area contributed by atoms with E-state index in [0.717, 1.165) is 30.5 Å². The minimum atomic E-state index is -0.823. The lowest BCUT2D eigenvalue weighted by Crippen LogP contribution is -2.51. The Morgan fingerprint density at radius 1 is 1.21 bits per heavy atom. The number of rotatable bonds is 5. The summed E-state index contributed by atoms with van der Waals surface area (Å²) in [5.41, 5.74) is 9.06. The normalized spacial score (nSPS) is 24.3. The molecule has 1 aliphatic heterocycles. The standard InChI is InChI=1S/C22H25N3O3/c23-17(10-11-20(26)27)21-15-6-1-2-8-18(15)25(19-9-3-7-16(19)21)22(28)14-5-4-12-24-13-14/h1-2,4-6,8,12-13,16-17,19,21H,3,7,9-11,23H2,(H,26,27). The van der Waals surface area contributed by atoms with Crippen molar-refractivity contribution in [3.63, 3.8) is 0 Å². The number of fused-ring (bicyclic) bond motifs is 2. The Morgan fingerprint density at radius 2 is 2.04 bits per heavy atom. The largest absolute Gasteiger partial charge is 0.481 e. The Bertz CT molecular complexity index is 870. The summed E-state index contributed by atoms with van der Waals surface area (Å²) in [7, 11) is 0. The first-order valence-electron chi connectivity index (χ1n) is 9.88. The maximum absolute atomic E-state index is 13.4. The highest BCUT2D eigenvalue weighted by atomic mass is 16.4. The van der Waals surface area contributed by atoms with Crippen molar-refractivity contribution in [1.82, 2.24) is 4.98 Å². The van der Waals surface area contributed by atoms with Crippen molar-refractivity contribution in [3.05, 3.63) is 59.9 Å². The summed E-state index contributed by atoms with van der Waals surface area (Å²) in [5.74, 6) is -0.536. The minimum absolute atomic E-state index is 0.0324. The predicted octanol–water partition coefficient (Wildman–Crippen LogP) is 3.19. The van der Waals surface area contributed by atoms with Crippen LogP contribution in [0.15, 0.2) is 48.8 Å². The molecule has 1 fully saturated rings. The van der Waals surface area contributed by atoms with Crippen molar-refractivity contribution in [2.45, 2.75) is 50.1 Å². The third-order valence-corrected chi connectivity index (χ3v) is 6.16. The van der Waals surface area contributed by atoms with Gasteiger partial charge in [0.05, 0.1) is 5.56 Å². The molecule has 28 heavy (non-hydrogen) atoms. The Labute approximate surface area is 164 Å². The van der Waals surface area contributed by atoms with Gasteiger partial charge in [0, 0.05) is 42.5 Å². The van der Waals surface area contributed by atoms with Crippen molar-refractivity contribution in [2.75, 3.05) is 4.90 Å². The Hall–Kier alpha value is -2.73. The number of carboxylic acids is 1. The van der Waals surface area contributed by atoms with Crippen LogP contribution in [-0.2, 0) is 4.79 Å². The molecule has 1 aliphatic carbocycles. The molecular formula is C22H25N3O3. The number of carboxylic acid groups (broad SMARTS) is 1. The highest BCUT2D eigenvalue weighted by Gasteiger charge is 2.47. The maximum atomic E-state index is 13.4. The number of aliphatic carboxylic acids is 1. The van der Waals surface area contributed by atoms with Crippen LogP contribution in [0, 0.1) is 5.92 Å². The van der Waals surface area contributed by atoms with E-state index >= 15 is 0 Å². The fraction of sp³-hybridized carbons (Fsp3) is 0.409. The number of pyridine rings is 1. The van der Waals surface area contributed by atoms with E-state index in [-0.39, 0.29) is 36.2 Å². The lowest BCUT2D eigenvalue weighted by Gasteiger charge is -2.45. The van der Waals surface area contributed by atoms with E-state index in [2.05, 4.69) is 4.98 Å². The molecule has 1 aromatic carbocycles. The zero-order valence-electron chi connectivity index (χ0n) is 15.7. The quantitative estimate of drug-likeness (QED) is 0.832. The van der Waals surface area contributed by atoms with Crippen molar-refractivity contribution >= 4 is 17.6 Å². The molecule has 1 aromatic heterocycles. The molecule has 1 saturated carbocycles. The van der Waals surface area contributed by atoms with Crippen LogP contribution < -0.4 is 10.6 Å². The van der Waals surface area contributed by atoms with E-state index in [1.165, 1.54) is 0 Å². The van der Waals surface area contributed by atoms with Gasteiger partial charge in [0.1, 0.15) is 0 Å². The molecule has 2 aromatic rings. The summed E-state index contributed by atoms with van der Waals surface area (Å²) in [5, 5.41) is 9.07. The first-order chi connectivity index (χ1) is 13.6. The highest BCUT2D eigenvalue weighted by molar-refractivity contribution is 6.07. The fourth-order valence-corrected chi connectivity index (χ4v) is 5.01. The molecule has 4 rings (SSSR count). The van der Waals surface area contributed by atoms with E-state index in [1.807, 2.05) is 29.2 Å². The number of amides is 1. The molecular weight excluding hydrogens is 354 g/mol. The van der Waals surface area contributed by atoms with Crippen LogP contribution >= 0.6 is 0 Å². The molecule has 4 atom stereocenters. The number of carbonyl (C=O) groups is 2. The second kappa shape index (κ2) is 7.72. The van der Waals surface area contributed by atoms with Gasteiger partial charge in [-0.15, -0.1) is 0 Å². The van der Waals surface area contributed by atoms with Gasteiger partial charge in [-0.05, 0) is 48.9 Å². The number of nitrogens with zero attached hydrogens (tertiary/aromatic N) is 2. The van der Waals surface area contributed by atoms with Crippen LogP contribution in [0.1, 0.15) is 53.9 Å². The van der Waals surface area contributed by atoms with Crippen LogP contribution in [0.3, 0.4) is 0 Å². The zero-order chi connectivity index (χ0) is 19.7. The van der Waals surface area contributed by atoms with Crippen molar-refractivity contribution in [3.8, 4) is 0 Å². The number of benzene rings is 1. The zero-order valence-corrected chi connectivity index (χ0v) is 15.7. The number of hydrogen-bond donors (Lipinski definition) is 2. The van der Waals surface area contributed by atoms with E-state index in [1.54, 1.807) is 24.5 Å². The number of anilines is 1. The van der Waals surface area contributed by atoms with Gasteiger partial charge < -0.3 is 15.7 Å².